The van der Waals surface area contributed by atoms with Crippen molar-refractivity contribution in [2.75, 3.05) is 39.3 Å². The van der Waals surface area contributed by atoms with Crippen molar-refractivity contribution >= 4 is 16.0 Å². The monoisotopic (exact) mass is 343 g/mol. The predicted octanol–water partition coefficient (Wildman–Crippen LogP) is 0.498. The van der Waals surface area contributed by atoms with Crippen LogP contribution in [0.1, 0.15) is 26.0 Å². The highest BCUT2D eigenvalue weighted by Crippen LogP contribution is 2.12. The molecular formula is C14H25N5O3S. The maximum atomic E-state index is 12.4. The van der Waals surface area contributed by atoms with Crippen LogP contribution in [0.15, 0.2) is 21.8 Å². The van der Waals surface area contributed by atoms with E-state index in [1.54, 1.807) is 6.07 Å². The minimum absolute atomic E-state index is 0.118. The lowest BCUT2D eigenvalue weighted by Gasteiger charge is -2.35. The number of aliphatic imine (C=N–C) groups is 1. The molecule has 8 nitrogen and oxygen atoms in total. The summed E-state index contributed by atoms with van der Waals surface area (Å²) < 4.78 is 31.0. The Hall–Kier alpha value is -1.61. The third-order valence-corrected chi connectivity index (χ3v) is 5.39. The van der Waals surface area contributed by atoms with E-state index in [2.05, 4.69) is 27.3 Å². The third kappa shape index (κ3) is 4.93. The Morgan fingerprint density at radius 3 is 2.65 bits per heavy atom. The molecule has 0 bridgehead atoms. The zero-order chi connectivity index (χ0) is 16.7. The van der Waals surface area contributed by atoms with Crippen LogP contribution in [0.25, 0.3) is 0 Å². The first-order chi connectivity index (χ1) is 11.1. The Kier molecular flexibility index (Phi) is 6.40. The lowest BCUT2D eigenvalue weighted by atomic mass is 10.4. The second-order valence-corrected chi connectivity index (χ2v) is 7.34. The van der Waals surface area contributed by atoms with Crippen LogP contribution in [0.3, 0.4) is 0 Å². The van der Waals surface area contributed by atoms with Crippen molar-refractivity contribution < 1.29 is 12.9 Å². The van der Waals surface area contributed by atoms with E-state index in [9.17, 15) is 8.42 Å². The lowest BCUT2D eigenvalue weighted by molar-refractivity contribution is 0.260. The highest BCUT2D eigenvalue weighted by Gasteiger charge is 2.28. The first-order valence-corrected chi connectivity index (χ1v) is 9.58. The number of hydrogen-bond acceptors (Lipinski definition) is 5. The zero-order valence-corrected chi connectivity index (χ0v) is 14.5. The molecule has 0 atom stereocenters. The molecule has 23 heavy (non-hydrogen) atoms. The first kappa shape index (κ1) is 17.7. The Labute approximate surface area is 137 Å². The van der Waals surface area contributed by atoms with Gasteiger partial charge in [0.2, 0.25) is 10.0 Å². The van der Waals surface area contributed by atoms with Crippen molar-refractivity contribution in [2.45, 2.75) is 26.0 Å². The van der Waals surface area contributed by atoms with Gasteiger partial charge < -0.3 is 14.7 Å². The van der Waals surface area contributed by atoms with Crippen LogP contribution in [0, 0.1) is 0 Å². The summed E-state index contributed by atoms with van der Waals surface area (Å²) in [6.45, 7) is 7.86. The molecule has 1 fully saturated rings. The average Bonchev–Trinajstić information content (AvgIpc) is 3.04. The SMILES string of the molecule is CCCN=C(NCC)N1CCN(S(=O)(=O)Cc2ccon2)CC1. The molecule has 0 radical (unpaired) electrons. The summed E-state index contributed by atoms with van der Waals surface area (Å²) in [6.07, 6.45) is 2.37. The number of aromatic nitrogens is 1. The van der Waals surface area contributed by atoms with Gasteiger partial charge in [-0.3, -0.25) is 4.99 Å². The van der Waals surface area contributed by atoms with Crippen molar-refractivity contribution in [2.24, 2.45) is 4.99 Å². The minimum atomic E-state index is -3.36. The molecule has 1 aliphatic rings. The molecule has 0 unspecified atom stereocenters. The summed E-state index contributed by atoms with van der Waals surface area (Å²) in [7, 11) is -3.36. The summed E-state index contributed by atoms with van der Waals surface area (Å²) >= 11 is 0. The molecule has 130 valence electrons. The number of hydrogen-bond donors (Lipinski definition) is 1. The second-order valence-electron chi connectivity index (χ2n) is 5.37. The first-order valence-electron chi connectivity index (χ1n) is 7.97. The van der Waals surface area contributed by atoms with Crippen molar-refractivity contribution in [3.05, 3.63) is 18.0 Å². The van der Waals surface area contributed by atoms with Crippen molar-refractivity contribution in [1.82, 2.24) is 19.7 Å². The van der Waals surface area contributed by atoms with Gasteiger partial charge in [0.15, 0.2) is 5.96 Å². The summed E-state index contributed by atoms with van der Waals surface area (Å²) in [6, 6.07) is 1.58. The van der Waals surface area contributed by atoms with Crippen molar-refractivity contribution in [3.63, 3.8) is 0 Å². The van der Waals surface area contributed by atoms with Crippen molar-refractivity contribution in [1.29, 1.82) is 0 Å². The fourth-order valence-corrected chi connectivity index (χ4v) is 3.84. The Balaban J connectivity index is 1.94. The lowest BCUT2D eigenvalue weighted by Crippen LogP contribution is -2.53. The predicted molar refractivity (Wildman–Crippen MR) is 88.5 cm³/mol. The highest BCUT2D eigenvalue weighted by atomic mass is 32.2. The van der Waals surface area contributed by atoms with Crippen LogP contribution in [-0.2, 0) is 15.8 Å². The number of nitrogens with zero attached hydrogens (tertiary/aromatic N) is 4. The van der Waals surface area contributed by atoms with Gasteiger partial charge in [-0.2, -0.15) is 4.31 Å². The quantitative estimate of drug-likeness (QED) is 0.597. The fraction of sp³-hybridized carbons (Fsp3) is 0.714. The molecule has 2 heterocycles. The van der Waals surface area contributed by atoms with E-state index in [4.69, 9.17) is 4.52 Å². The smallest absolute Gasteiger partial charge is 0.220 e. The van der Waals surface area contributed by atoms with Crippen LogP contribution < -0.4 is 5.32 Å². The molecule has 0 amide bonds. The van der Waals surface area contributed by atoms with E-state index in [1.807, 2.05) is 6.92 Å². The molecular weight excluding hydrogens is 318 g/mol. The standard InChI is InChI=1S/C14H25N5O3S/c1-3-6-16-14(15-4-2)18-7-9-19(10-8-18)23(20,21)12-13-5-11-22-17-13/h5,11H,3-4,6-10,12H2,1-2H3,(H,15,16). The van der Waals surface area contributed by atoms with Crippen LogP contribution >= 0.6 is 0 Å². The summed E-state index contributed by atoms with van der Waals surface area (Å²) in [5.74, 6) is 0.746. The number of piperazine rings is 1. The Morgan fingerprint density at radius 2 is 2.09 bits per heavy atom. The molecule has 1 aromatic rings. The number of sulfonamides is 1. The third-order valence-electron chi connectivity index (χ3n) is 3.57. The van der Waals surface area contributed by atoms with E-state index in [-0.39, 0.29) is 5.75 Å². The fourth-order valence-electron chi connectivity index (χ4n) is 2.41. The summed E-state index contributed by atoms with van der Waals surface area (Å²) in [5, 5.41) is 6.94. The van der Waals surface area contributed by atoms with Crippen LogP contribution in [0.5, 0.6) is 0 Å². The van der Waals surface area contributed by atoms with E-state index < -0.39 is 10.0 Å². The summed E-state index contributed by atoms with van der Waals surface area (Å²) in [4.78, 5) is 6.66. The molecule has 1 saturated heterocycles. The Bertz CT molecular complexity index is 592. The van der Waals surface area contributed by atoms with Gasteiger partial charge in [0.1, 0.15) is 12.0 Å². The molecule has 0 saturated carbocycles. The normalized spacial score (nSPS) is 17.5. The van der Waals surface area contributed by atoms with Gasteiger partial charge in [0, 0.05) is 45.3 Å². The molecule has 1 aliphatic heterocycles. The van der Waals surface area contributed by atoms with E-state index in [0.717, 1.165) is 25.5 Å². The summed E-state index contributed by atoms with van der Waals surface area (Å²) in [5.41, 5.74) is 0.435. The molecule has 0 aromatic carbocycles. The van der Waals surface area contributed by atoms with E-state index in [0.29, 0.717) is 31.9 Å². The van der Waals surface area contributed by atoms with Gasteiger partial charge in [0.05, 0.1) is 5.69 Å². The van der Waals surface area contributed by atoms with Crippen LogP contribution in [0.2, 0.25) is 0 Å². The molecule has 1 aromatic heterocycles. The molecule has 2 rings (SSSR count). The maximum absolute atomic E-state index is 12.4. The second kappa shape index (κ2) is 8.30. The van der Waals surface area contributed by atoms with Gasteiger partial charge in [0.25, 0.3) is 0 Å². The molecule has 1 N–H and O–H groups in total. The van der Waals surface area contributed by atoms with Crippen LogP contribution in [-0.4, -0.2) is 68.0 Å². The zero-order valence-electron chi connectivity index (χ0n) is 13.7. The van der Waals surface area contributed by atoms with Gasteiger partial charge >= 0.3 is 0 Å². The highest BCUT2D eigenvalue weighted by molar-refractivity contribution is 7.88. The molecule has 9 heteroatoms. The van der Waals surface area contributed by atoms with E-state index >= 15 is 0 Å². The molecule has 0 spiro atoms. The maximum Gasteiger partial charge on any atom is 0.220 e. The molecule has 0 aliphatic carbocycles. The van der Waals surface area contributed by atoms with Gasteiger partial charge in [-0.15, -0.1) is 0 Å². The number of nitrogens with one attached hydrogen (secondary N) is 1. The number of guanidine groups is 1. The minimum Gasteiger partial charge on any atom is -0.364 e. The van der Waals surface area contributed by atoms with Crippen LogP contribution in [0.4, 0.5) is 0 Å². The van der Waals surface area contributed by atoms with Gasteiger partial charge in [-0.05, 0) is 13.3 Å². The Morgan fingerprint density at radius 1 is 1.35 bits per heavy atom. The number of rotatable bonds is 6. The largest absolute Gasteiger partial charge is 0.364 e. The topological polar surface area (TPSA) is 91.0 Å². The van der Waals surface area contributed by atoms with Gasteiger partial charge in [-0.1, -0.05) is 12.1 Å². The van der Waals surface area contributed by atoms with Gasteiger partial charge in [-0.25, -0.2) is 8.42 Å². The van der Waals surface area contributed by atoms with E-state index in [1.165, 1.54) is 10.6 Å². The average molecular weight is 343 g/mol. The van der Waals surface area contributed by atoms with Crippen molar-refractivity contribution in [3.8, 4) is 0 Å².